The van der Waals surface area contributed by atoms with Crippen LogP contribution in [0.5, 0.6) is 0 Å². The first-order valence-corrected chi connectivity index (χ1v) is 6.06. The van der Waals surface area contributed by atoms with Crippen molar-refractivity contribution in [3.63, 3.8) is 0 Å². The molecule has 0 saturated carbocycles. The minimum atomic E-state index is -0.941. The molecule has 1 amide bonds. The van der Waals surface area contributed by atoms with Crippen molar-refractivity contribution in [2.45, 2.75) is 39.2 Å². The fourth-order valence-corrected chi connectivity index (χ4v) is 1.39. The van der Waals surface area contributed by atoms with Crippen LogP contribution in [0.4, 0.5) is 15.1 Å². The van der Waals surface area contributed by atoms with E-state index in [2.05, 4.69) is 15.2 Å². The topological polar surface area (TPSA) is 77.5 Å². The molecule has 0 fully saturated rings. The molecular weight excluding hydrogens is 267 g/mol. The van der Waals surface area contributed by atoms with Crippen LogP contribution >= 0.6 is 0 Å². The van der Waals surface area contributed by atoms with Gasteiger partial charge in [-0.05, 0) is 44.9 Å². The lowest BCUT2D eigenvalue weighted by molar-refractivity contribution is -0.183. The zero-order valence-electron chi connectivity index (χ0n) is 11.6. The van der Waals surface area contributed by atoms with Gasteiger partial charge >= 0.3 is 12.1 Å². The quantitative estimate of drug-likeness (QED) is 0.919. The number of pyridine rings is 1. The summed E-state index contributed by atoms with van der Waals surface area (Å²) in [6.07, 6.45) is 1.05. The van der Waals surface area contributed by atoms with E-state index >= 15 is 0 Å². The third-order valence-electron chi connectivity index (χ3n) is 2.16. The number of rotatable bonds is 4. The summed E-state index contributed by atoms with van der Waals surface area (Å²) in [6.45, 7) is 5.25. The third kappa shape index (κ3) is 6.12. The fraction of sp³-hybridized carbons (Fsp3) is 0.462. The molecule has 1 aromatic heterocycles. The van der Waals surface area contributed by atoms with Crippen LogP contribution in [0.25, 0.3) is 0 Å². The van der Waals surface area contributed by atoms with Gasteiger partial charge in [0.15, 0.2) is 0 Å². The Balaban J connectivity index is 2.59. The summed E-state index contributed by atoms with van der Waals surface area (Å²) in [6, 6.07) is 3.24. The Kier molecular flexibility index (Phi) is 5.42. The normalized spacial score (nSPS) is 10.8. The molecule has 0 unspecified atom stereocenters. The van der Waals surface area contributed by atoms with E-state index in [1.807, 2.05) is 0 Å². The largest absolute Gasteiger partial charge is 0.444 e. The number of ether oxygens (including phenoxy) is 1. The molecule has 0 aromatic carbocycles. The lowest BCUT2D eigenvalue weighted by Gasteiger charge is -2.19. The Morgan fingerprint density at radius 1 is 1.40 bits per heavy atom. The number of nitrogens with one attached hydrogen (secondary N) is 1. The Morgan fingerprint density at radius 3 is 2.70 bits per heavy atom. The van der Waals surface area contributed by atoms with Gasteiger partial charge in [-0.1, -0.05) is 0 Å². The van der Waals surface area contributed by atoms with E-state index < -0.39 is 17.7 Å². The summed E-state index contributed by atoms with van der Waals surface area (Å²) in [7, 11) is 0. The highest BCUT2D eigenvalue weighted by molar-refractivity contribution is 5.83. The summed E-state index contributed by atoms with van der Waals surface area (Å²) in [5.41, 5.74) is 0.114. The fourth-order valence-electron chi connectivity index (χ4n) is 1.39. The van der Waals surface area contributed by atoms with Gasteiger partial charge < -0.3 is 4.74 Å². The molecule has 110 valence electrons. The maximum atomic E-state index is 11.6. The number of anilines is 1. The van der Waals surface area contributed by atoms with Crippen LogP contribution in [-0.2, 0) is 20.9 Å². The maximum absolute atomic E-state index is 11.6. The molecule has 1 aromatic rings. The van der Waals surface area contributed by atoms with E-state index in [9.17, 15) is 14.1 Å². The molecule has 1 rings (SSSR count). The Hall–Kier alpha value is -2.18. The molecule has 0 aliphatic rings. The van der Waals surface area contributed by atoms with Gasteiger partial charge in [-0.2, -0.15) is 0 Å². The number of hydrogen-bond acceptors (Lipinski definition) is 5. The second-order valence-electron chi connectivity index (χ2n) is 5.13. The molecule has 0 spiro atoms. The van der Waals surface area contributed by atoms with E-state index in [1.165, 1.54) is 6.20 Å². The average Bonchev–Trinajstić information content (AvgIpc) is 2.34. The Bertz CT molecular complexity index is 486. The minimum Gasteiger partial charge on any atom is -0.444 e. The van der Waals surface area contributed by atoms with Gasteiger partial charge in [0.25, 0.3) is 0 Å². The molecular formula is C13H17FN2O4. The SMILES string of the molecule is CC(C)(C)OC(=O)Nc1cc(CCC(=O)OF)ccn1. The van der Waals surface area contributed by atoms with Crippen molar-refractivity contribution >= 4 is 17.9 Å². The van der Waals surface area contributed by atoms with E-state index in [0.29, 0.717) is 5.82 Å². The molecule has 0 bridgehead atoms. The van der Waals surface area contributed by atoms with Crippen LogP contribution in [0.15, 0.2) is 18.3 Å². The van der Waals surface area contributed by atoms with Gasteiger partial charge in [-0.25, -0.2) is 14.6 Å². The summed E-state index contributed by atoms with van der Waals surface area (Å²) in [5.74, 6) is -0.645. The summed E-state index contributed by atoms with van der Waals surface area (Å²) in [4.78, 5) is 29.3. The number of aryl methyl sites for hydroxylation is 1. The number of carbonyl (C=O) groups is 2. The number of nitrogens with zero attached hydrogens (tertiary/aromatic N) is 1. The zero-order valence-corrected chi connectivity index (χ0v) is 11.6. The number of hydrogen-bond donors (Lipinski definition) is 1. The molecule has 0 saturated heterocycles. The van der Waals surface area contributed by atoms with Crippen molar-refractivity contribution in [2.75, 3.05) is 5.32 Å². The van der Waals surface area contributed by atoms with Crippen molar-refractivity contribution in [1.82, 2.24) is 4.98 Å². The molecule has 20 heavy (non-hydrogen) atoms. The second kappa shape index (κ2) is 6.83. The highest BCUT2D eigenvalue weighted by Crippen LogP contribution is 2.12. The van der Waals surface area contributed by atoms with E-state index in [1.54, 1.807) is 32.9 Å². The minimum absolute atomic E-state index is 0.0909. The predicted octanol–water partition coefficient (Wildman–Crippen LogP) is 2.79. The van der Waals surface area contributed by atoms with Crippen molar-refractivity contribution < 1.29 is 23.8 Å². The van der Waals surface area contributed by atoms with Crippen molar-refractivity contribution in [1.29, 1.82) is 0 Å². The molecule has 7 heteroatoms. The molecule has 0 aliphatic carbocycles. The van der Waals surface area contributed by atoms with Crippen molar-refractivity contribution in [3.8, 4) is 0 Å². The number of halogens is 1. The van der Waals surface area contributed by atoms with E-state index in [-0.39, 0.29) is 12.8 Å². The average molecular weight is 284 g/mol. The van der Waals surface area contributed by atoms with Gasteiger partial charge in [-0.15, -0.1) is 0 Å². The zero-order chi connectivity index (χ0) is 15.2. The molecule has 1 N–H and O–H groups in total. The van der Waals surface area contributed by atoms with E-state index in [0.717, 1.165) is 5.56 Å². The molecule has 0 radical (unpaired) electrons. The van der Waals surface area contributed by atoms with Crippen molar-refractivity contribution in [3.05, 3.63) is 23.9 Å². The smallest absolute Gasteiger partial charge is 0.413 e. The third-order valence-corrected chi connectivity index (χ3v) is 2.16. The molecule has 1 heterocycles. The van der Waals surface area contributed by atoms with Crippen molar-refractivity contribution in [2.24, 2.45) is 0 Å². The molecule has 0 aliphatic heterocycles. The number of amides is 1. The summed E-state index contributed by atoms with van der Waals surface area (Å²) >= 11 is 0. The van der Waals surface area contributed by atoms with Crippen LogP contribution in [0.2, 0.25) is 0 Å². The molecule has 6 nitrogen and oxygen atoms in total. The van der Waals surface area contributed by atoms with Gasteiger partial charge in [0, 0.05) is 10.7 Å². The lowest BCUT2D eigenvalue weighted by Crippen LogP contribution is -2.27. The first kappa shape index (κ1) is 15.9. The monoisotopic (exact) mass is 284 g/mol. The number of aromatic nitrogens is 1. The number of carbonyl (C=O) groups excluding carboxylic acids is 2. The Labute approximate surface area is 116 Å². The van der Waals surface area contributed by atoms with Crippen LogP contribution in [-0.4, -0.2) is 22.6 Å². The van der Waals surface area contributed by atoms with Gasteiger partial charge in [0.2, 0.25) is 0 Å². The predicted molar refractivity (Wildman–Crippen MR) is 69.6 cm³/mol. The van der Waals surface area contributed by atoms with Crippen LogP contribution in [0, 0.1) is 0 Å². The highest BCUT2D eigenvalue weighted by atomic mass is 19.3. The van der Waals surface area contributed by atoms with Gasteiger partial charge in [0.1, 0.15) is 11.4 Å². The van der Waals surface area contributed by atoms with Crippen LogP contribution in [0.1, 0.15) is 32.8 Å². The molecule has 0 atom stereocenters. The van der Waals surface area contributed by atoms with Gasteiger partial charge in [-0.3, -0.25) is 10.3 Å². The second-order valence-corrected chi connectivity index (χ2v) is 5.13. The standard InChI is InChI=1S/C13H17FN2O4/c1-13(2,3)19-12(18)16-10-8-9(6-7-15-10)4-5-11(17)20-14/h6-8H,4-5H2,1-3H3,(H,15,16,18). The van der Waals surface area contributed by atoms with E-state index in [4.69, 9.17) is 4.74 Å². The lowest BCUT2D eigenvalue weighted by atomic mass is 10.1. The summed E-state index contributed by atoms with van der Waals surface area (Å²) in [5, 5.41) is 2.48. The summed E-state index contributed by atoms with van der Waals surface area (Å²) < 4.78 is 16.6. The Morgan fingerprint density at radius 2 is 2.10 bits per heavy atom. The first-order valence-electron chi connectivity index (χ1n) is 6.06. The first-order chi connectivity index (χ1) is 9.30. The van der Waals surface area contributed by atoms with Crippen LogP contribution in [0.3, 0.4) is 0 Å². The maximum Gasteiger partial charge on any atom is 0.413 e. The van der Waals surface area contributed by atoms with Crippen LogP contribution < -0.4 is 5.32 Å². The highest BCUT2D eigenvalue weighted by Gasteiger charge is 2.16. The van der Waals surface area contributed by atoms with Gasteiger partial charge in [0.05, 0.1) is 6.42 Å².